The Balaban J connectivity index is 1.71. The van der Waals surface area contributed by atoms with E-state index in [9.17, 15) is 4.79 Å². The summed E-state index contributed by atoms with van der Waals surface area (Å²) in [7, 11) is 0. The monoisotopic (exact) mass is 267 g/mol. The molecule has 2 atom stereocenters. The second-order valence-corrected chi connectivity index (χ2v) is 6.41. The van der Waals surface area contributed by atoms with Gasteiger partial charge in [-0.1, -0.05) is 0 Å². The van der Waals surface area contributed by atoms with Gasteiger partial charge in [0.15, 0.2) is 0 Å². The van der Waals surface area contributed by atoms with Crippen LogP contribution in [-0.2, 0) is 11.3 Å². The molecular formula is C13H17NO3S. The van der Waals surface area contributed by atoms with E-state index in [-0.39, 0.29) is 0 Å². The molecule has 0 aliphatic carbocycles. The summed E-state index contributed by atoms with van der Waals surface area (Å²) in [4.78, 5) is 14.9. The number of nitrogens with zero attached hydrogens (tertiary/aromatic N) is 1. The molecule has 2 saturated heterocycles. The zero-order valence-electron chi connectivity index (χ0n) is 10.4. The molecule has 0 radical (unpaired) electrons. The molecule has 0 saturated carbocycles. The molecule has 5 heteroatoms. The number of likely N-dealkylation sites (tertiary alicyclic amines) is 1. The Morgan fingerprint density at radius 2 is 2.17 bits per heavy atom. The zero-order valence-corrected chi connectivity index (χ0v) is 11.2. The molecule has 4 nitrogen and oxygen atoms in total. The van der Waals surface area contributed by atoms with Gasteiger partial charge >= 0.3 is 5.97 Å². The van der Waals surface area contributed by atoms with Crippen LogP contribution in [0.2, 0.25) is 0 Å². The first-order valence-corrected chi connectivity index (χ1v) is 7.14. The lowest BCUT2D eigenvalue weighted by Crippen LogP contribution is -2.41. The van der Waals surface area contributed by atoms with Crippen LogP contribution in [0.3, 0.4) is 0 Å². The van der Waals surface area contributed by atoms with Crippen molar-refractivity contribution in [3.63, 3.8) is 0 Å². The Labute approximate surface area is 110 Å². The summed E-state index contributed by atoms with van der Waals surface area (Å²) in [6, 6.07) is 1.82. The van der Waals surface area contributed by atoms with E-state index in [1.807, 2.05) is 13.0 Å². The minimum Gasteiger partial charge on any atom is -0.477 e. The van der Waals surface area contributed by atoms with Crippen LogP contribution in [0, 0.1) is 6.92 Å². The molecule has 2 fully saturated rings. The van der Waals surface area contributed by atoms with Crippen molar-refractivity contribution >= 4 is 17.3 Å². The minimum absolute atomic E-state index is 0.390. The van der Waals surface area contributed by atoms with Crippen molar-refractivity contribution < 1.29 is 14.6 Å². The Hall–Kier alpha value is -0.910. The molecule has 1 N–H and O–H groups in total. The lowest BCUT2D eigenvalue weighted by molar-refractivity contribution is -0.0410. The fourth-order valence-corrected chi connectivity index (χ4v) is 3.72. The van der Waals surface area contributed by atoms with Gasteiger partial charge in [0.2, 0.25) is 0 Å². The van der Waals surface area contributed by atoms with Gasteiger partial charge in [0.05, 0.1) is 12.2 Å². The molecule has 0 spiro atoms. The number of carbonyl (C=O) groups is 1. The molecule has 2 unspecified atom stereocenters. The van der Waals surface area contributed by atoms with Gasteiger partial charge in [-0.05, 0) is 31.4 Å². The van der Waals surface area contributed by atoms with E-state index in [4.69, 9.17) is 9.84 Å². The van der Waals surface area contributed by atoms with E-state index < -0.39 is 5.97 Å². The number of thiophene rings is 1. The van der Waals surface area contributed by atoms with Crippen LogP contribution in [0.1, 0.15) is 33.0 Å². The summed E-state index contributed by atoms with van der Waals surface area (Å²) in [5.74, 6) is -0.823. The highest BCUT2D eigenvalue weighted by Gasteiger charge is 2.33. The average Bonchev–Trinajstić information content (AvgIpc) is 2.84. The van der Waals surface area contributed by atoms with Crippen molar-refractivity contribution in [2.24, 2.45) is 0 Å². The van der Waals surface area contributed by atoms with Gasteiger partial charge in [0.1, 0.15) is 4.88 Å². The van der Waals surface area contributed by atoms with Crippen LogP contribution in [0.15, 0.2) is 6.07 Å². The molecule has 2 aliphatic heterocycles. The smallest absolute Gasteiger partial charge is 0.345 e. The molecular weight excluding hydrogens is 250 g/mol. The number of hydrogen-bond acceptors (Lipinski definition) is 4. The van der Waals surface area contributed by atoms with E-state index in [2.05, 4.69) is 4.90 Å². The highest BCUT2D eigenvalue weighted by Crippen LogP contribution is 2.29. The molecule has 1 aromatic heterocycles. The normalized spacial score (nSPS) is 27.6. The van der Waals surface area contributed by atoms with E-state index in [0.29, 0.717) is 17.1 Å². The first-order valence-electron chi connectivity index (χ1n) is 6.32. The molecule has 3 heterocycles. The minimum atomic E-state index is -0.823. The number of ether oxygens (including phenoxy) is 1. The van der Waals surface area contributed by atoms with Gasteiger partial charge in [-0.25, -0.2) is 4.79 Å². The standard InChI is InChI=1S/C13H17NO3S/c1-8-9(4-12(18-8)13(15)16)5-14-6-10-2-3-11(7-14)17-10/h4,10-11H,2-3,5-7H2,1H3,(H,15,16). The van der Waals surface area contributed by atoms with Gasteiger partial charge in [-0.3, -0.25) is 4.90 Å². The van der Waals surface area contributed by atoms with Gasteiger partial charge in [0.25, 0.3) is 0 Å². The Morgan fingerprint density at radius 1 is 1.50 bits per heavy atom. The third-order valence-corrected chi connectivity index (χ3v) is 4.83. The molecule has 0 aromatic carbocycles. The summed E-state index contributed by atoms with van der Waals surface area (Å²) < 4.78 is 5.81. The van der Waals surface area contributed by atoms with Crippen LogP contribution in [-0.4, -0.2) is 41.3 Å². The zero-order chi connectivity index (χ0) is 12.7. The lowest BCUT2D eigenvalue weighted by Gasteiger charge is -2.32. The van der Waals surface area contributed by atoms with Crippen molar-refractivity contribution in [3.8, 4) is 0 Å². The van der Waals surface area contributed by atoms with Crippen LogP contribution >= 0.6 is 11.3 Å². The maximum atomic E-state index is 10.9. The highest BCUT2D eigenvalue weighted by atomic mass is 32.1. The number of morpholine rings is 1. The molecule has 0 amide bonds. The SMILES string of the molecule is Cc1sc(C(=O)O)cc1CN1CC2CCC(C1)O2. The third kappa shape index (κ3) is 2.30. The average molecular weight is 267 g/mol. The summed E-state index contributed by atoms with van der Waals surface area (Å²) in [6.07, 6.45) is 3.12. The first-order chi connectivity index (χ1) is 8.61. The molecule has 2 bridgehead atoms. The summed E-state index contributed by atoms with van der Waals surface area (Å²) in [6.45, 7) is 4.82. The van der Waals surface area contributed by atoms with Gasteiger partial charge in [-0.2, -0.15) is 0 Å². The fraction of sp³-hybridized carbons (Fsp3) is 0.615. The van der Waals surface area contributed by atoms with Crippen LogP contribution in [0.25, 0.3) is 0 Å². The largest absolute Gasteiger partial charge is 0.477 e. The maximum Gasteiger partial charge on any atom is 0.345 e. The Bertz CT molecular complexity index is 459. The first kappa shape index (κ1) is 12.1. The number of fused-ring (bicyclic) bond motifs is 2. The van der Waals surface area contributed by atoms with Gasteiger partial charge < -0.3 is 9.84 Å². The summed E-state index contributed by atoms with van der Waals surface area (Å²) in [5, 5.41) is 9.00. The van der Waals surface area contributed by atoms with E-state index >= 15 is 0 Å². The predicted octanol–water partition coefficient (Wildman–Crippen LogP) is 2.12. The molecule has 18 heavy (non-hydrogen) atoms. The van der Waals surface area contributed by atoms with Crippen molar-refractivity contribution in [1.82, 2.24) is 4.90 Å². The van der Waals surface area contributed by atoms with Gasteiger partial charge in [0, 0.05) is 24.5 Å². The van der Waals surface area contributed by atoms with Crippen LogP contribution < -0.4 is 0 Å². The molecule has 2 aliphatic rings. The number of aryl methyl sites for hydroxylation is 1. The molecule has 3 rings (SSSR count). The number of carboxylic acid groups (broad SMARTS) is 1. The maximum absolute atomic E-state index is 10.9. The van der Waals surface area contributed by atoms with Gasteiger partial charge in [-0.15, -0.1) is 11.3 Å². The van der Waals surface area contributed by atoms with Crippen molar-refractivity contribution in [3.05, 3.63) is 21.4 Å². The van der Waals surface area contributed by atoms with E-state index in [1.54, 1.807) is 0 Å². The molecule has 98 valence electrons. The number of rotatable bonds is 3. The number of hydrogen-bond donors (Lipinski definition) is 1. The predicted molar refractivity (Wildman–Crippen MR) is 69.2 cm³/mol. The van der Waals surface area contributed by atoms with Crippen molar-refractivity contribution in [2.75, 3.05) is 13.1 Å². The van der Waals surface area contributed by atoms with Crippen LogP contribution in [0.5, 0.6) is 0 Å². The summed E-state index contributed by atoms with van der Waals surface area (Å²) in [5.41, 5.74) is 1.15. The summed E-state index contributed by atoms with van der Waals surface area (Å²) >= 11 is 1.37. The van der Waals surface area contributed by atoms with E-state index in [0.717, 1.165) is 30.1 Å². The topological polar surface area (TPSA) is 49.8 Å². The Morgan fingerprint density at radius 3 is 2.72 bits per heavy atom. The lowest BCUT2D eigenvalue weighted by atomic mass is 10.2. The quantitative estimate of drug-likeness (QED) is 0.911. The number of carboxylic acids is 1. The van der Waals surface area contributed by atoms with E-state index in [1.165, 1.54) is 24.2 Å². The second-order valence-electron chi connectivity index (χ2n) is 5.15. The third-order valence-electron chi connectivity index (χ3n) is 3.74. The highest BCUT2D eigenvalue weighted by molar-refractivity contribution is 7.14. The second kappa shape index (κ2) is 4.64. The van der Waals surface area contributed by atoms with Crippen LogP contribution in [0.4, 0.5) is 0 Å². The molecule has 1 aromatic rings. The van der Waals surface area contributed by atoms with Crippen molar-refractivity contribution in [2.45, 2.75) is 38.5 Å². The Kier molecular flexibility index (Phi) is 3.13. The fourth-order valence-electron chi connectivity index (χ4n) is 2.85. The number of aromatic carboxylic acids is 1. The van der Waals surface area contributed by atoms with Crippen molar-refractivity contribution in [1.29, 1.82) is 0 Å².